The van der Waals surface area contributed by atoms with Crippen LogP contribution in [-0.4, -0.2) is 19.0 Å². The van der Waals surface area contributed by atoms with Gasteiger partial charge in [0.1, 0.15) is 5.78 Å². The van der Waals surface area contributed by atoms with Crippen LogP contribution in [0.5, 0.6) is 0 Å². The zero-order valence-corrected chi connectivity index (χ0v) is 8.29. The fourth-order valence-corrected chi connectivity index (χ4v) is 2.87. The summed E-state index contributed by atoms with van der Waals surface area (Å²) in [5, 5.41) is 0. The van der Waals surface area contributed by atoms with Crippen LogP contribution in [0.15, 0.2) is 0 Å². The first kappa shape index (κ1) is 9.20. The number of ether oxygens (including phenoxy) is 1. The molecular weight excluding hydrogens is 164 g/mol. The Balaban J connectivity index is 1.95. The molecule has 2 heteroatoms. The van der Waals surface area contributed by atoms with E-state index in [4.69, 9.17) is 4.74 Å². The van der Waals surface area contributed by atoms with E-state index in [-0.39, 0.29) is 0 Å². The van der Waals surface area contributed by atoms with Gasteiger partial charge in [0.25, 0.3) is 0 Å². The quantitative estimate of drug-likeness (QED) is 0.621. The van der Waals surface area contributed by atoms with E-state index in [1.165, 1.54) is 12.8 Å². The van der Waals surface area contributed by atoms with Gasteiger partial charge in [0.05, 0.1) is 6.10 Å². The molecule has 2 saturated carbocycles. The van der Waals surface area contributed by atoms with E-state index in [1.54, 1.807) is 7.11 Å². The largest absolute Gasteiger partial charge is 0.381 e. The van der Waals surface area contributed by atoms with Crippen LogP contribution in [0, 0.1) is 11.8 Å². The molecule has 2 nitrogen and oxygen atoms in total. The third-order valence-electron chi connectivity index (χ3n) is 3.71. The van der Waals surface area contributed by atoms with Gasteiger partial charge in [-0.05, 0) is 37.5 Å². The van der Waals surface area contributed by atoms with E-state index in [1.807, 2.05) is 0 Å². The average molecular weight is 182 g/mol. The molecule has 0 heterocycles. The van der Waals surface area contributed by atoms with Gasteiger partial charge in [-0.15, -0.1) is 0 Å². The zero-order valence-electron chi connectivity index (χ0n) is 8.29. The van der Waals surface area contributed by atoms with Crippen molar-refractivity contribution in [1.29, 1.82) is 0 Å². The summed E-state index contributed by atoms with van der Waals surface area (Å²) >= 11 is 0. The maximum Gasteiger partial charge on any atom is 0.133 e. The Morgan fingerprint density at radius 1 is 1.23 bits per heavy atom. The van der Waals surface area contributed by atoms with Crippen molar-refractivity contribution >= 4 is 5.78 Å². The van der Waals surface area contributed by atoms with Crippen LogP contribution in [0.25, 0.3) is 0 Å². The van der Waals surface area contributed by atoms with Crippen LogP contribution < -0.4 is 0 Å². The van der Waals surface area contributed by atoms with Crippen molar-refractivity contribution in [3.63, 3.8) is 0 Å². The molecule has 3 unspecified atom stereocenters. The van der Waals surface area contributed by atoms with Gasteiger partial charge in [0.15, 0.2) is 0 Å². The molecule has 0 saturated heterocycles. The molecule has 0 amide bonds. The van der Waals surface area contributed by atoms with Crippen molar-refractivity contribution in [2.45, 2.75) is 44.6 Å². The number of fused-ring (bicyclic) bond motifs is 1. The summed E-state index contributed by atoms with van der Waals surface area (Å²) in [6.45, 7) is 0. The third-order valence-corrected chi connectivity index (χ3v) is 3.71. The minimum Gasteiger partial charge on any atom is -0.381 e. The van der Waals surface area contributed by atoms with E-state index in [0.29, 0.717) is 17.8 Å². The SMILES string of the molecule is COC1CCC2CCC(=O)CC2C1. The Morgan fingerprint density at radius 3 is 2.85 bits per heavy atom. The first-order chi connectivity index (χ1) is 6.29. The van der Waals surface area contributed by atoms with Crippen LogP contribution in [0.2, 0.25) is 0 Å². The lowest BCUT2D eigenvalue weighted by Crippen LogP contribution is -2.33. The highest BCUT2D eigenvalue weighted by atomic mass is 16.5. The highest BCUT2D eigenvalue weighted by molar-refractivity contribution is 5.79. The van der Waals surface area contributed by atoms with E-state index in [0.717, 1.165) is 31.6 Å². The lowest BCUT2D eigenvalue weighted by molar-refractivity contribution is -0.124. The van der Waals surface area contributed by atoms with Gasteiger partial charge in [0.2, 0.25) is 0 Å². The van der Waals surface area contributed by atoms with Crippen LogP contribution in [0.1, 0.15) is 38.5 Å². The first-order valence-electron chi connectivity index (χ1n) is 5.34. The van der Waals surface area contributed by atoms with Crippen LogP contribution >= 0.6 is 0 Å². The number of methoxy groups -OCH3 is 1. The zero-order chi connectivity index (χ0) is 9.26. The lowest BCUT2D eigenvalue weighted by Gasteiger charge is -2.38. The Kier molecular flexibility index (Phi) is 2.68. The van der Waals surface area contributed by atoms with Crippen molar-refractivity contribution in [2.75, 3.05) is 7.11 Å². The molecular formula is C11H18O2. The Bertz CT molecular complexity index is 200. The molecule has 0 radical (unpaired) electrons. The summed E-state index contributed by atoms with van der Waals surface area (Å²) in [5.41, 5.74) is 0. The summed E-state index contributed by atoms with van der Waals surface area (Å²) < 4.78 is 5.36. The van der Waals surface area contributed by atoms with E-state index in [2.05, 4.69) is 0 Å². The molecule has 0 aromatic carbocycles. The fraction of sp³-hybridized carbons (Fsp3) is 0.909. The molecule has 13 heavy (non-hydrogen) atoms. The van der Waals surface area contributed by atoms with Gasteiger partial charge in [-0.2, -0.15) is 0 Å². The maximum absolute atomic E-state index is 11.3. The second kappa shape index (κ2) is 3.79. The van der Waals surface area contributed by atoms with Gasteiger partial charge in [-0.3, -0.25) is 4.79 Å². The normalized spacial score (nSPS) is 40.1. The number of carbonyl (C=O) groups is 1. The van der Waals surface area contributed by atoms with E-state index < -0.39 is 0 Å². The second-order valence-corrected chi connectivity index (χ2v) is 4.47. The van der Waals surface area contributed by atoms with Gasteiger partial charge >= 0.3 is 0 Å². The van der Waals surface area contributed by atoms with Crippen molar-refractivity contribution in [3.8, 4) is 0 Å². The van der Waals surface area contributed by atoms with Crippen LogP contribution in [0.4, 0.5) is 0 Å². The minimum absolute atomic E-state index is 0.423. The molecule has 0 aromatic rings. The molecule has 74 valence electrons. The standard InChI is InChI=1S/C11H18O2/c1-13-11-5-3-8-2-4-10(12)6-9(8)7-11/h8-9,11H,2-7H2,1H3. The van der Waals surface area contributed by atoms with Gasteiger partial charge < -0.3 is 4.74 Å². The minimum atomic E-state index is 0.423. The summed E-state index contributed by atoms with van der Waals surface area (Å²) in [6.07, 6.45) is 6.81. The molecule has 3 atom stereocenters. The predicted molar refractivity (Wildman–Crippen MR) is 50.5 cm³/mol. The highest BCUT2D eigenvalue weighted by Gasteiger charge is 2.34. The number of hydrogen-bond donors (Lipinski definition) is 0. The molecule has 2 aliphatic carbocycles. The second-order valence-electron chi connectivity index (χ2n) is 4.47. The molecule has 0 bridgehead atoms. The third kappa shape index (κ3) is 1.93. The van der Waals surface area contributed by atoms with Crippen molar-refractivity contribution < 1.29 is 9.53 Å². The molecule has 2 aliphatic rings. The fourth-order valence-electron chi connectivity index (χ4n) is 2.87. The molecule has 0 aromatic heterocycles. The van der Waals surface area contributed by atoms with Crippen molar-refractivity contribution in [2.24, 2.45) is 11.8 Å². The first-order valence-corrected chi connectivity index (χ1v) is 5.34. The Hall–Kier alpha value is -0.370. The molecule has 2 rings (SSSR count). The lowest BCUT2D eigenvalue weighted by atomic mass is 9.70. The summed E-state index contributed by atoms with van der Waals surface area (Å²) in [6, 6.07) is 0. The number of rotatable bonds is 1. The average Bonchev–Trinajstić information content (AvgIpc) is 2.16. The van der Waals surface area contributed by atoms with Gasteiger partial charge in [-0.25, -0.2) is 0 Å². The summed E-state index contributed by atoms with van der Waals surface area (Å²) in [5.74, 6) is 1.93. The predicted octanol–water partition coefficient (Wildman–Crippen LogP) is 2.17. The number of ketones is 1. The molecule has 2 fully saturated rings. The van der Waals surface area contributed by atoms with Gasteiger partial charge in [0, 0.05) is 20.0 Å². The number of hydrogen-bond acceptors (Lipinski definition) is 2. The number of Topliss-reactive ketones (excluding diaryl/α,β-unsaturated/α-hetero) is 1. The van der Waals surface area contributed by atoms with Crippen molar-refractivity contribution in [1.82, 2.24) is 0 Å². The smallest absolute Gasteiger partial charge is 0.133 e. The highest BCUT2D eigenvalue weighted by Crippen LogP contribution is 2.39. The van der Waals surface area contributed by atoms with Gasteiger partial charge in [-0.1, -0.05) is 0 Å². The van der Waals surface area contributed by atoms with Crippen LogP contribution in [-0.2, 0) is 9.53 Å². The summed E-state index contributed by atoms with van der Waals surface area (Å²) in [4.78, 5) is 11.3. The molecule has 0 N–H and O–H groups in total. The van der Waals surface area contributed by atoms with Crippen molar-refractivity contribution in [3.05, 3.63) is 0 Å². The summed E-state index contributed by atoms with van der Waals surface area (Å²) in [7, 11) is 1.79. The maximum atomic E-state index is 11.3. The monoisotopic (exact) mass is 182 g/mol. The topological polar surface area (TPSA) is 26.3 Å². The number of carbonyl (C=O) groups excluding carboxylic acids is 1. The Labute approximate surface area is 79.7 Å². The van der Waals surface area contributed by atoms with E-state index in [9.17, 15) is 4.79 Å². The molecule has 0 spiro atoms. The Morgan fingerprint density at radius 2 is 2.08 bits per heavy atom. The molecule has 0 aliphatic heterocycles. The van der Waals surface area contributed by atoms with Crippen LogP contribution in [0.3, 0.4) is 0 Å². The van der Waals surface area contributed by atoms with E-state index >= 15 is 0 Å².